The molecule has 0 aliphatic carbocycles. The van der Waals surface area contributed by atoms with Crippen molar-refractivity contribution in [2.24, 2.45) is 0 Å². The van der Waals surface area contributed by atoms with Gasteiger partial charge in [-0.15, -0.1) is 0 Å². The summed E-state index contributed by atoms with van der Waals surface area (Å²) >= 11 is 0. The summed E-state index contributed by atoms with van der Waals surface area (Å²) < 4.78 is 13.0. The Kier molecular flexibility index (Phi) is 3.68. The molecular formula is C15H17N5O3. The number of aliphatic hydroxyl groups is 1. The summed E-state index contributed by atoms with van der Waals surface area (Å²) in [7, 11) is 0. The van der Waals surface area contributed by atoms with Gasteiger partial charge in [-0.2, -0.15) is 0 Å². The lowest BCUT2D eigenvalue weighted by molar-refractivity contribution is -0.0207. The van der Waals surface area contributed by atoms with Crippen LogP contribution in [0.2, 0.25) is 0 Å². The molecule has 8 nitrogen and oxygen atoms in total. The van der Waals surface area contributed by atoms with Crippen molar-refractivity contribution in [2.75, 3.05) is 11.9 Å². The van der Waals surface area contributed by atoms with Gasteiger partial charge in [0.2, 0.25) is 0 Å². The Bertz CT molecular complexity index is 786. The van der Waals surface area contributed by atoms with Crippen LogP contribution in [-0.2, 0) is 11.3 Å². The number of furan rings is 1. The molecule has 23 heavy (non-hydrogen) atoms. The SMILES string of the molecule is OC[C@@H]1CC[C@@H](n2cnc3c(NCc4ccco4)ncnc32)O1. The summed E-state index contributed by atoms with van der Waals surface area (Å²) in [5, 5.41) is 12.4. The highest BCUT2D eigenvalue weighted by molar-refractivity contribution is 5.82. The first-order chi connectivity index (χ1) is 11.3. The Morgan fingerprint density at radius 1 is 1.30 bits per heavy atom. The third kappa shape index (κ3) is 2.66. The maximum atomic E-state index is 9.20. The van der Waals surface area contributed by atoms with Crippen molar-refractivity contribution in [3.05, 3.63) is 36.8 Å². The van der Waals surface area contributed by atoms with Crippen LogP contribution < -0.4 is 5.32 Å². The number of hydrogen-bond donors (Lipinski definition) is 2. The number of aromatic nitrogens is 4. The van der Waals surface area contributed by atoms with E-state index in [9.17, 15) is 5.11 Å². The van der Waals surface area contributed by atoms with Gasteiger partial charge < -0.3 is 19.6 Å². The normalized spacial score (nSPS) is 21.1. The zero-order chi connectivity index (χ0) is 15.6. The van der Waals surface area contributed by atoms with Gasteiger partial charge in [0.15, 0.2) is 17.0 Å². The Morgan fingerprint density at radius 3 is 3.04 bits per heavy atom. The maximum absolute atomic E-state index is 9.20. The summed E-state index contributed by atoms with van der Waals surface area (Å²) in [6.45, 7) is 0.562. The second kappa shape index (κ2) is 5.98. The summed E-state index contributed by atoms with van der Waals surface area (Å²) in [6, 6.07) is 3.74. The van der Waals surface area contributed by atoms with E-state index >= 15 is 0 Å². The van der Waals surface area contributed by atoms with Crippen LogP contribution in [-0.4, -0.2) is 37.3 Å². The molecule has 0 bridgehead atoms. The van der Waals surface area contributed by atoms with E-state index in [2.05, 4.69) is 20.3 Å². The van der Waals surface area contributed by atoms with Crippen molar-refractivity contribution in [1.82, 2.24) is 19.5 Å². The Labute approximate surface area is 132 Å². The van der Waals surface area contributed by atoms with Gasteiger partial charge in [0.05, 0.1) is 31.8 Å². The van der Waals surface area contributed by atoms with Crippen LogP contribution in [0.1, 0.15) is 24.8 Å². The molecule has 3 aromatic rings. The minimum absolute atomic E-state index is 0.0358. The van der Waals surface area contributed by atoms with E-state index in [1.54, 1.807) is 12.6 Å². The summed E-state index contributed by atoms with van der Waals surface area (Å²) in [4.78, 5) is 13.0. The standard InChI is InChI=1S/C15H17N5O3/c21-7-11-3-4-12(23-11)20-9-19-13-14(17-8-18-15(13)20)16-6-10-2-1-5-22-10/h1-2,5,8-9,11-12,21H,3-4,6-7H2,(H,16,17,18)/t11-,12-/m0/s1. The van der Waals surface area contributed by atoms with Gasteiger partial charge >= 0.3 is 0 Å². The first kappa shape index (κ1) is 14.2. The number of nitrogens with zero attached hydrogens (tertiary/aromatic N) is 4. The molecule has 3 aromatic heterocycles. The highest BCUT2D eigenvalue weighted by atomic mass is 16.5. The zero-order valence-electron chi connectivity index (χ0n) is 12.4. The maximum Gasteiger partial charge on any atom is 0.167 e. The van der Waals surface area contributed by atoms with E-state index in [0.717, 1.165) is 18.6 Å². The van der Waals surface area contributed by atoms with Crippen LogP contribution in [0.15, 0.2) is 35.5 Å². The molecule has 8 heteroatoms. The lowest BCUT2D eigenvalue weighted by Crippen LogP contribution is -2.14. The van der Waals surface area contributed by atoms with Crippen molar-refractivity contribution in [3.63, 3.8) is 0 Å². The second-order valence-corrected chi connectivity index (χ2v) is 5.45. The smallest absolute Gasteiger partial charge is 0.167 e. The highest BCUT2D eigenvalue weighted by Gasteiger charge is 2.27. The third-order valence-corrected chi connectivity index (χ3v) is 3.97. The van der Waals surface area contributed by atoms with Crippen LogP contribution in [0.5, 0.6) is 0 Å². The molecule has 120 valence electrons. The number of hydrogen-bond acceptors (Lipinski definition) is 7. The molecule has 0 unspecified atom stereocenters. The van der Waals surface area contributed by atoms with Gasteiger partial charge in [0, 0.05) is 0 Å². The predicted molar refractivity (Wildman–Crippen MR) is 81.6 cm³/mol. The Hall–Kier alpha value is -2.45. The average Bonchev–Trinajstić information content (AvgIpc) is 3.31. The molecule has 4 rings (SSSR count). The molecule has 4 heterocycles. The number of aliphatic hydroxyl groups excluding tert-OH is 1. The summed E-state index contributed by atoms with van der Waals surface area (Å²) in [6.07, 6.45) is 6.24. The molecular weight excluding hydrogens is 298 g/mol. The van der Waals surface area contributed by atoms with E-state index in [4.69, 9.17) is 9.15 Å². The number of imidazole rings is 1. The van der Waals surface area contributed by atoms with Gasteiger partial charge in [0.25, 0.3) is 0 Å². The number of fused-ring (bicyclic) bond motifs is 1. The quantitative estimate of drug-likeness (QED) is 0.739. The van der Waals surface area contributed by atoms with E-state index in [-0.39, 0.29) is 18.9 Å². The number of rotatable bonds is 5. The second-order valence-electron chi connectivity index (χ2n) is 5.45. The molecule has 2 atom stereocenters. The first-order valence-corrected chi connectivity index (χ1v) is 7.55. The Morgan fingerprint density at radius 2 is 2.26 bits per heavy atom. The largest absolute Gasteiger partial charge is 0.467 e. The van der Waals surface area contributed by atoms with Crippen LogP contribution in [0, 0.1) is 0 Å². The number of ether oxygens (including phenoxy) is 1. The summed E-state index contributed by atoms with van der Waals surface area (Å²) in [5.41, 5.74) is 1.40. The number of anilines is 1. The van der Waals surface area contributed by atoms with Gasteiger partial charge in [0.1, 0.15) is 18.3 Å². The fraction of sp³-hybridized carbons (Fsp3) is 0.400. The monoisotopic (exact) mass is 315 g/mol. The molecule has 0 aromatic carbocycles. The fourth-order valence-electron chi connectivity index (χ4n) is 2.80. The minimum atomic E-state index is -0.148. The fourth-order valence-corrected chi connectivity index (χ4v) is 2.80. The molecule has 1 aliphatic rings. The van der Waals surface area contributed by atoms with Crippen LogP contribution in [0.4, 0.5) is 5.82 Å². The van der Waals surface area contributed by atoms with Gasteiger partial charge in [-0.3, -0.25) is 4.57 Å². The highest BCUT2D eigenvalue weighted by Crippen LogP contribution is 2.31. The van der Waals surface area contributed by atoms with E-state index < -0.39 is 0 Å². The molecule has 0 saturated carbocycles. The Balaban J connectivity index is 1.59. The van der Waals surface area contributed by atoms with Crippen LogP contribution in [0.25, 0.3) is 11.2 Å². The van der Waals surface area contributed by atoms with Crippen molar-refractivity contribution < 1.29 is 14.3 Å². The van der Waals surface area contributed by atoms with Crippen molar-refractivity contribution in [3.8, 4) is 0 Å². The lowest BCUT2D eigenvalue weighted by Gasteiger charge is -2.13. The van der Waals surface area contributed by atoms with E-state index in [0.29, 0.717) is 23.5 Å². The van der Waals surface area contributed by atoms with Gasteiger partial charge in [-0.25, -0.2) is 15.0 Å². The van der Waals surface area contributed by atoms with E-state index in [1.165, 1.54) is 6.33 Å². The zero-order valence-corrected chi connectivity index (χ0v) is 12.4. The van der Waals surface area contributed by atoms with Crippen molar-refractivity contribution in [2.45, 2.75) is 31.7 Å². The molecule has 2 N–H and O–H groups in total. The average molecular weight is 315 g/mol. The third-order valence-electron chi connectivity index (χ3n) is 3.97. The van der Waals surface area contributed by atoms with Crippen LogP contribution in [0.3, 0.4) is 0 Å². The lowest BCUT2D eigenvalue weighted by atomic mass is 10.2. The van der Waals surface area contributed by atoms with Crippen LogP contribution >= 0.6 is 0 Å². The number of nitrogens with one attached hydrogen (secondary N) is 1. The summed E-state index contributed by atoms with van der Waals surface area (Å²) in [5.74, 6) is 1.47. The topological polar surface area (TPSA) is 98.2 Å². The minimum Gasteiger partial charge on any atom is -0.467 e. The van der Waals surface area contributed by atoms with E-state index in [1.807, 2.05) is 16.7 Å². The first-order valence-electron chi connectivity index (χ1n) is 7.55. The molecule has 0 spiro atoms. The van der Waals surface area contributed by atoms with Gasteiger partial charge in [-0.05, 0) is 25.0 Å². The van der Waals surface area contributed by atoms with Crippen molar-refractivity contribution in [1.29, 1.82) is 0 Å². The molecule has 0 radical (unpaired) electrons. The molecule has 0 amide bonds. The molecule has 1 aliphatic heterocycles. The molecule has 1 saturated heterocycles. The molecule has 1 fully saturated rings. The van der Waals surface area contributed by atoms with Crippen molar-refractivity contribution >= 4 is 17.0 Å². The predicted octanol–water partition coefficient (Wildman–Crippen LogP) is 1.70. The van der Waals surface area contributed by atoms with Gasteiger partial charge in [-0.1, -0.05) is 0 Å².